The van der Waals surface area contributed by atoms with E-state index < -0.39 is 7.12 Å². The van der Waals surface area contributed by atoms with Gasteiger partial charge in [-0.3, -0.25) is 0 Å². The monoisotopic (exact) mass is 970 g/mol. The van der Waals surface area contributed by atoms with Gasteiger partial charge in [0, 0.05) is 53.1 Å². The third-order valence-corrected chi connectivity index (χ3v) is 9.18. The molecule has 2 aromatic carbocycles. The summed E-state index contributed by atoms with van der Waals surface area (Å²) >= 11 is 0. The normalized spacial score (nSPS) is 12.8. The summed E-state index contributed by atoms with van der Waals surface area (Å²) in [5.41, 5.74) is 5.49. The van der Waals surface area contributed by atoms with Gasteiger partial charge in [-0.15, -0.1) is 5.75 Å². The molecule has 5 aromatic rings. The molecule has 0 N–H and O–H groups in total. The van der Waals surface area contributed by atoms with Crippen LogP contribution in [-0.4, -0.2) is 111 Å². The van der Waals surface area contributed by atoms with Gasteiger partial charge in [0.2, 0.25) is 0 Å². The van der Waals surface area contributed by atoms with E-state index >= 15 is 0 Å². The Balaban J connectivity index is -0.000000792. The molecule has 0 amide bonds. The van der Waals surface area contributed by atoms with Crippen molar-refractivity contribution in [2.24, 2.45) is 0 Å². The maximum atomic E-state index is 10.9. The molecular formula is C43H64BCuMoN11O2S. The van der Waals surface area contributed by atoms with Gasteiger partial charge in [0.15, 0.2) is 0 Å². The van der Waals surface area contributed by atoms with Crippen LogP contribution in [0, 0.1) is 22.7 Å². The van der Waals surface area contributed by atoms with Crippen molar-refractivity contribution in [3.63, 3.8) is 0 Å². The van der Waals surface area contributed by atoms with Gasteiger partial charge in [-0.1, -0.05) is 96.1 Å². The SMILES string of the molecule is CC#N.CC#N.CC(C)c1ccn([BH-](n2ccc(C(C)C)n2)n2ccc(C(C)C)n2)n1.CN1CCN(C)CCN(C)CC1.[Cu+2].[Mo+4].[O-2].[O-]c1ccc(-c2ccccc2)cc1.[S-2]. The summed E-state index contributed by atoms with van der Waals surface area (Å²) < 4.78 is 6.05. The van der Waals surface area contributed by atoms with Crippen LogP contribution >= 0.6 is 0 Å². The predicted octanol–water partition coefficient (Wildman–Crippen LogP) is 6.46. The fraction of sp³-hybridized carbons (Fsp3) is 0.465. The van der Waals surface area contributed by atoms with Crippen LogP contribution in [0.15, 0.2) is 91.4 Å². The Labute approximate surface area is 392 Å². The van der Waals surface area contributed by atoms with E-state index in [-0.39, 0.29) is 62.9 Å². The number of hydrogen-bond donors (Lipinski definition) is 0. The largest absolute Gasteiger partial charge is 4.00 e. The van der Waals surface area contributed by atoms with E-state index in [1.165, 1.54) is 53.1 Å². The first kappa shape index (κ1) is 60.6. The number of benzene rings is 2. The number of nitrogens with zero attached hydrogens (tertiary/aromatic N) is 11. The Morgan fingerprint density at radius 1 is 0.550 bits per heavy atom. The molecule has 17 heteroatoms. The molecule has 0 saturated carbocycles. The maximum Gasteiger partial charge on any atom is 4.00 e. The molecule has 60 heavy (non-hydrogen) atoms. The number of likely N-dealkylation sites (N-methyl/N-ethyl adjacent to an activating group) is 3. The number of rotatable bonds is 7. The summed E-state index contributed by atoms with van der Waals surface area (Å²) in [5, 5.41) is 39.9. The predicted molar refractivity (Wildman–Crippen MR) is 237 cm³/mol. The molecule has 1 fully saturated rings. The summed E-state index contributed by atoms with van der Waals surface area (Å²) in [4.78, 5) is 7.20. The molecule has 1 aliphatic heterocycles. The summed E-state index contributed by atoms with van der Waals surface area (Å²) in [6.45, 7) is 23.0. The van der Waals surface area contributed by atoms with Crippen molar-refractivity contribution in [1.82, 2.24) is 43.8 Å². The van der Waals surface area contributed by atoms with Gasteiger partial charge in [0.25, 0.3) is 0 Å². The Morgan fingerprint density at radius 3 is 1.07 bits per heavy atom. The first-order valence-corrected chi connectivity index (χ1v) is 19.6. The number of aromatic nitrogens is 6. The Hall–Kier alpha value is -3.69. The average Bonchev–Trinajstić information content (AvgIpc) is 3.97. The van der Waals surface area contributed by atoms with Gasteiger partial charge in [-0.05, 0) is 86.8 Å². The Kier molecular flexibility index (Phi) is 33.3. The topological polar surface area (TPSA) is 162 Å². The third-order valence-electron chi connectivity index (χ3n) is 9.18. The van der Waals surface area contributed by atoms with Gasteiger partial charge in [-0.2, -0.15) is 10.5 Å². The first-order valence-electron chi connectivity index (χ1n) is 19.6. The molecule has 0 unspecified atom stereocenters. The van der Waals surface area contributed by atoms with Gasteiger partial charge < -0.3 is 52.6 Å². The van der Waals surface area contributed by atoms with Crippen molar-refractivity contribution < 1.29 is 48.7 Å². The van der Waals surface area contributed by atoms with E-state index in [2.05, 4.69) is 95.6 Å². The van der Waals surface area contributed by atoms with Gasteiger partial charge in [0.05, 0.1) is 29.2 Å². The molecular weight excluding hydrogens is 905 g/mol. The Bertz CT molecular complexity index is 1740. The van der Waals surface area contributed by atoms with Crippen LogP contribution in [-0.2, 0) is 57.1 Å². The van der Waals surface area contributed by atoms with Gasteiger partial charge in [-0.25, -0.2) is 15.3 Å². The summed E-state index contributed by atoms with van der Waals surface area (Å²) in [5.74, 6) is 1.25. The van der Waals surface area contributed by atoms with E-state index in [0.29, 0.717) is 17.8 Å². The van der Waals surface area contributed by atoms with E-state index in [1.54, 1.807) is 24.3 Å². The van der Waals surface area contributed by atoms with Crippen LogP contribution in [0.3, 0.4) is 0 Å². The molecule has 0 bridgehead atoms. The summed E-state index contributed by atoms with van der Waals surface area (Å²) in [6.07, 6.45) is 6.13. The van der Waals surface area contributed by atoms with E-state index in [4.69, 9.17) is 25.8 Å². The smallest absolute Gasteiger partial charge is 2.00 e. The average molecular weight is 969 g/mol. The molecule has 1 aliphatic rings. The second kappa shape index (κ2) is 33.0. The standard InChI is InChI=1S/C18H28BN6.C12H10O.C9H21N3.2C2H3N.Cu.Mo.O.S/c1-13(2)16-7-10-23(20-16)19(24-11-8-17(21-24)14(3)4)25-12-9-18(22-25)15(5)6;13-12-8-6-11(7-9-12)10-4-2-1-3-5-10;1-10-4-6-11(2)8-9-12(3)7-5-10;2*1-2-3;;;;/h7-15,19H,1-6H3;1-9,13H;4-9H2,1-3H3;2*1H3;;;;/q-1;;;;;+2;+4;2*-2/p-1. The zero-order valence-electron chi connectivity index (χ0n) is 37.2. The van der Waals surface area contributed by atoms with Crippen LogP contribution < -0.4 is 5.11 Å². The van der Waals surface area contributed by atoms with Crippen LogP contribution in [0.1, 0.15) is 90.2 Å². The van der Waals surface area contributed by atoms with Gasteiger partial charge >= 0.3 is 45.3 Å². The molecule has 1 saturated heterocycles. The molecule has 0 atom stereocenters. The van der Waals surface area contributed by atoms with Crippen LogP contribution in [0.2, 0.25) is 0 Å². The molecule has 0 spiro atoms. The van der Waals surface area contributed by atoms with Crippen molar-refractivity contribution in [1.29, 1.82) is 10.5 Å². The van der Waals surface area contributed by atoms with E-state index in [9.17, 15) is 5.11 Å². The minimum atomic E-state index is -1.27. The molecule has 1 radical (unpaired) electrons. The van der Waals surface area contributed by atoms with Crippen LogP contribution in [0.4, 0.5) is 0 Å². The zero-order chi connectivity index (χ0) is 41.6. The van der Waals surface area contributed by atoms with Crippen molar-refractivity contribution in [2.45, 2.75) is 73.1 Å². The van der Waals surface area contributed by atoms with Crippen LogP contribution in [0.5, 0.6) is 5.75 Å². The molecule has 329 valence electrons. The summed E-state index contributed by atoms with van der Waals surface area (Å²) in [7, 11) is 5.34. The number of hydrogen-bond acceptors (Lipinski definition) is 9. The molecule has 3 aromatic heterocycles. The number of nitriles is 2. The third kappa shape index (κ3) is 21.7. The molecule has 13 nitrogen and oxygen atoms in total. The van der Waals surface area contributed by atoms with E-state index in [0.717, 1.165) is 28.2 Å². The minimum absolute atomic E-state index is 0. The second-order valence-electron chi connectivity index (χ2n) is 15.0. The molecule has 6 rings (SSSR count). The maximum absolute atomic E-state index is 10.9. The van der Waals surface area contributed by atoms with Gasteiger partial charge in [0.1, 0.15) is 0 Å². The summed E-state index contributed by atoms with van der Waals surface area (Å²) in [6, 6.07) is 26.6. The van der Waals surface area contributed by atoms with Crippen LogP contribution in [0.25, 0.3) is 11.1 Å². The molecule has 4 heterocycles. The fourth-order valence-corrected chi connectivity index (χ4v) is 5.61. The minimum Gasteiger partial charge on any atom is -2.00 e. The fourth-order valence-electron chi connectivity index (χ4n) is 5.61. The van der Waals surface area contributed by atoms with Crippen molar-refractivity contribution in [2.75, 3.05) is 60.4 Å². The van der Waals surface area contributed by atoms with Crippen molar-refractivity contribution in [3.05, 3.63) is 108 Å². The second-order valence-corrected chi connectivity index (χ2v) is 15.0. The first-order chi connectivity index (χ1) is 26.7. The quantitative estimate of drug-likeness (QED) is 0.167. The van der Waals surface area contributed by atoms with Crippen molar-refractivity contribution in [3.8, 4) is 29.0 Å². The van der Waals surface area contributed by atoms with E-state index in [1.807, 2.05) is 74.8 Å². The Morgan fingerprint density at radius 2 is 0.817 bits per heavy atom. The zero-order valence-corrected chi connectivity index (χ0v) is 41.0. The molecule has 0 aliphatic carbocycles. The van der Waals surface area contributed by atoms with Crippen molar-refractivity contribution >= 4 is 20.6 Å².